The number of benzene rings is 4. The van der Waals surface area contributed by atoms with Gasteiger partial charge in [-0.05, 0) is 59.5 Å². The van der Waals surface area contributed by atoms with Crippen LogP contribution in [-0.4, -0.2) is 57.5 Å². The van der Waals surface area contributed by atoms with Gasteiger partial charge in [0, 0.05) is 36.1 Å². The van der Waals surface area contributed by atoms with Crippen LogP contribution in [0.2, 0.25) is 0 Å². The molecule has 0 aliphatic carbocycles. The van der Waals surface area contributed by atoms with E-state index in [1.165, 1.54) is 55.9 Å². The van der Waals surface area contributed by atoms with Gasteiger partial charge in [-0.15, -0.1) is 11.4 Å². The number of nitrogens with zero attached hydrogens (tertiary/aromatic N) is 2. The molecule has 0 atom stereocenters. The zero-order valence-electron chi connectivity index (χ0n) is 44.8. The Hall–Kier alpha value is -2.21. The molecule has 4 aromatic rings. The first-order valence-electron chi connectivity index (χ1n) is 23.6. The molecule has 4 nitrogen and oxygen atoms in total. The fourth-order valence-corrected chi connectivity index (χ4v) is 8.18. The van der Waals surface area contributed by atoms with Gasteiger partial charge in [-0.2, -0.15) is 11.4 Å². The molecule has 0 saturated heterocycles. The molecule has 0 saturated carbocycles. The first-order valence-corrected chi connectivity index (χ1v) is 23.6. The summed E-state index contributed by atoms with van der Waals surface area (Å²) in [5, 5.41) is 10.2. The minimum Gasteiger partial charge on any atom is -1.00 e. The van der Waals surface area contributed by atoms with Crippen LogP contribution < -0.4 is 43.9 Å². The predicted molar refractivity (Wildman–Crippen MR) is 286 cm³/mol. The molecular formula is C58H84Br2Mg2N4+2. The van der Waals surface area contributed by atoms with Crippen molar-refractivity contribution in [3.8, 4) is 0 Å². The van der Waals surface area contributed by atoms with Crippen molar-refractivity contribution in [2.24, 2.45) is 0 Å². The van der Waals surface area contributed by atoms with Crippen LogP contribution >= 0.6 is 0 Å². The van der Waals surface area contributed by atoms with E-state index >= 15 is 0 Å². The summed E-state index contributed by atoms with van der Waals surface area (Å²) < 4.78 is 0. The van der Waals surface area contributed by atoms with Crippen LogP contribution in [0.5, 0.6) is 0 Å². The molecule has 66 heavy (non-hydrogen) atoms. The maximum Gasteiger partial charge on any atom is 2.00 e. The van der Waals surface area contributed by atoms with Crippen LogP contribution in [0.1, 0.15) is 230 Å². The van der Waals surface area contributed by atoms with E-state index in [4.69, 9.17) is 10.6 Å². The van der Waals surface area contributed by atoms with Gasteiger partial charge in [-0.1, -0.05) is 220 Å². The van der Waals surface area contributed by atoms with Gasteiger partial charge in [0.2, 0.25) is 11.4 Å². The van der Waals surface area contributed by atoms with E-state index in [2.05, 4.69) is 233 Å². The van der Waals surface area contributed by atoms with Gasteiger partial charge in [-0.3, -0.25) is 0 Å². The summed E-state index contributed by atoms with van der Waals surface area (Å²) in [5.41, 5.74) is 19.8. The molecule has 0 aliphatic rings. The molecule has 0 aromatic heterocycles. The maximum atomic E-state index is 5.10. The molecule has 4 aromatic carbocycles. The van der Waals surface area contributed by atoms with E-state index in [-0.39, 0.29) is 80.1 Å². The Kier molecular flexibility index (Phi) is 31.0. The summed E-state index contributed by atoms with van der Waals surface area (Å²) in [5.74, 6) is 3.65. The van der Waals surface area contributed by atoms with Gasteiger partial charge in [-0.25, -0.2) is 9.98 Å². The Balaban J connectivity index is 0. The number of hydrogen-bond acceptors (Lipinski definition) is 0. The van der Waals surface area contributed by atoms with Crippen molar-refractivity contribution in [3.05, 3.63) is 151 Å². The number of para-hydroxylation sites is 4. The second-order valence-corrected chi connectivity index (χ2v) is 19.8. The smallest absolute Gasteiger partial charge is 1.00 e. The summed E-state index contributed by atoms with van der Waals surface area (Å²) in [4.78, 5) is 7.43. The minimum absolute atomic E-state index is 0. The summed E-state index contributed by atoms with van der Waals surface area (Å²) in [6.45, 7) is 44.5. The number of rotatable bonds is 16. The van der Waals surface area contributed by atoms with Crippen LogP contribution in [0.4, 0.5) is 22.7 Å². The van der Waals surface area contributed by atoms with Crippen molar-refractivity contribution in [3.63, 3.8) is 0 Å². The quantitative estimate of drug-likeness (QED) is 0.0832. The number of hydrogen-bond donors (Lipinski definition) is 2. The van der Waals surface area contributed by atoms with Gasteiger partial charge >= 0.3 is 46.1 Å². The fourth-order valence-electron chi connectivity index (χ4n) is 8.18. The van der Waals surface area contributed by atoms with E-state index in [9.17, 15) is 0 Å². The van der Waals surface area contributed by atoms with Crippen molar-refractivity contribution >= 4 is 80.3 Å². The largest absolute Gasteiger partial charge is 2.00 e. The third kappa shape index (κ3) is 18.9. The minimum atomic E-state index is 0. The molecule has 0 amide bonds. The molecule has 2 N–H and O–H groups in total. The molecular weight excluding hydrogens is 961 g/mol. The van der Waals surface area contributed by atoms with Crippen molar-refractivity contribution in [2.45, 2.75) is 186 Å². The Morgan fingerprint density at radius 1 is 0.348 bits per heavy atom. The number of allylic oxidation sites excluding steroid dienone is 4. The van der Waals surface area contributed by atoms with Crippen LogP contribution in [0.15, 0.2) is 96.3 Å². The first-order chi connectivity index (χ1) is 29.0. The standard InChI is InChI=1S/2C29H41N2.2BrH.2Mg/c2*1-18(2)24-13-11-14-25(19(3)4)28(24)30-22(9)17-23(10)31-29-26(20(5)6)15-12-16-27(29)21(7)8;;;;/h2*11-21H,1-10H3;2*1H;;/q2*-1;;;2*+2/b2*22-17-,31-23?;;;;. The summed E-state index contributed by atoms with van der Waals surface area (Å²) in [6.07, 6.45) is 4.34. The van der Waals surface area contributed by atoms with Crippen molar-refractivity contribution < 1.29 is 43.9 Å². The summed E-state index contributed by atoms with van der Waals surface area (Å²) in [6, 6.07) is 26.5. The second-order valence-electron chi connectivity index (χ2n) is 19.8. The predicted octanol–water partition coefficient (Wildman–Crippen LogP) is 9.17. The molecule has 0 fully saturated rings. The molecule has 0 radical (unpaired) electrons. The van der Waals surface area contributed by atoms with Gasteiger partial charge in [0.1, 0.15) is 0 Å². The SMILES string of the molecule is CC(/C=C(/C)[N-]c1c(C(C)C)cccc1C(C)C)=[NH+]c1c(C(C)C)cccc1C(C)C.CC(/C=C(/C)[N-]c1c(C(C)C)cccc1C(C)C)=[NH+]c1c(C(C)C)cccc1C(C)C.[Br-].[Br-].[Mg+2].[Mg+2]. The normalized spacial score (nSPS) is 12.3. The number of halogens is 2. The van der Waals surface area contributed by atoms with E-state index in [1.54, 1.807) is 0 Å². The van der Waals surface area contributed by atoms with E-state index in [1.807, 2.05) is 0 Å². The van der Waals surface area contributed by atoms with Gasteiger partial charge < -0.3 is 44.6 Å². The Morgan fingerprint density at radius 3 is 0.712 bits per heavy atom. The van der Waals surface area contributed by atoms with Gasteiger partial charge in [0.05, 0.1) is 0 Å². The number of nitrogens with one attached hydrogen (secondary N) is 2. The van der Waals surface area contributed by atoms with Crippen molar-refractivity contribution in [1.29, 1.82) is 0 Å². The zero-order chi connectivity index (χ0) is 46.6. The van der Waals surface area contributed by atoms with E-state index < -0.39 is 0 Å². The third-order valence-corrected chi connectivity index (χ3v) is 11.5. The van der Waals surface area contributed by atoms with Crippen molar-refractivity contribution in [1.82, 2.24) is 0 Å². The van der Waals surface area contributed by atoms with Gasteiger partial charge in [0.15, 0.2) is 11.4 Å². The summed E-state index contributed by atoms with van der Waals surface area (Å²) >= 11 is 0. The van der Waals surface area contributed by atoms with Crippen LogP contribution in [0.25, 0.3) is 10.6 Å². The topological polar surface area (TPSA) is 56.1 Å². The molecule has 0 spiro atoms. The average molecular weight is 1050 g/mol. The molecule has 0 heterocycles. The Labute approximate surface area is 457 Å². The maximum absolute atomic E-state index is 5.10. The Bertz CT molecular complexity index is 1960. The van der Waals surface area contributed by atoms with Crippen LogP contribution in [-0.2, 0) is 0 Å². The van der Waals surface area contributed by atoms with Crippen LogP contribution in [0.3, 0.4) is 0 Å². The van der Waals surface area contributed by atoms with Crippen LogP contribution in [0, 0.1) is 0 Å². The Morgan fingerprint density at radius 2 is 0.530 bits per heavy atom. The third-order valence-electron chi connectivity index (χ3n) is 11.5. The van der Waals surface area contributed by atoms with E-state index in [0.717, 1.165) is 34.2 Å². The zero-order valence-corrected chi connectivity index (χ0v) is 50.8. The molecule has 352 valence electrons. The first kappa shape index (κ1) is 65.9. The molecule has 0 unspecified atom stereocenters. The second kappa shape index (κ2) is 31.1. The van der Waals surface area contributed by atoms with E-state index in [0.29, 0.717) is 47.3 Å². The van der Waals surface area contributed by atoms with Crippen molar-refractivity contribution in [2.75, 3.05) is 0 Å². The monoisotopic (exact) mass is 1040 g/mol. The molecule has 8 heteroatoms. The van der Waals surface area contributed by atoms with Gasteiger partial charge in [0.25, 0.3) is 0 Å². The average Bonchev–Trinajstić information content (AvgIpc) is 3.17. The molecule has 4 rings (SSSR count). The fraction of sp³-hybridized carbons (Fsp3) is 0.483. The molecule has 0 bridgehead atoms. The molecule has 0 aliphatic heterocycles. The summed E-state index contributed by atoms with van der Waals surface area (Å²) in [7, 11) is 0.